The Labute approximate surface area is 101 Å². The maximum atomic E-state index is 11.5. The summed E-state index contributed by atoms with van der Waals surface area (Å²) >= 11 is 0.967. The van der Waals surface area contributed by atoms with Gasteiger partial charge in [0.25, 0.3) is 5.56 Å². The number of hydrogen-bond donors (Lipinski definition) is 3. The molecule has 3 N–H and O–H groups in total. The fraction of sp³-hybridized carbons (Fsp3) is 0.556. The summed E-state index contributed by atoms with van der Waals surface area (Å²) in [5.41, 5.74) is -1.58. The van der Waals surface area contributed by atoms with Gasteiger partial charge in [-0.2, -0.15) is 5.10 Å². The number of aromatic amines is 2. The van der Waals surface area contributed by atoms with Gasteiger partial charge in [0.2, 0.25) is 5.91 Å². The highest BCUT2D eigenvalue weighted by molar-refractivity contribution is 7.99. The van der Waals surface area contributed by atoms with Crippen molar-refractivity contribution in [1.82, 2.24) is 20.5 Å². The smallest absolute Gasteiger partial charge is 0.342 e. The zero-order valence-corrected chi connectivity index (χ0v) is 10.6. The summed E-state index contributed by atoms with van der Waals surface area (Å²) in [5, 5.41) is 8.46. The van der Waals surface area contributed by atoms with Crippen LogP contribution >= 0.6 is 11.8 Å². The Hall–Kier alpha value is -1.57. The lowest BCUT2D eigenvalue weighted by Gasteiger charge is -2.20. The van der Waals surface area contributed by atoms with Crippen molar-refractivity contribution >= 4 is 17.7 Å². The third kappa shape index (κ3) is 4.85. The molecule has 0 fully saturated rings. The molecule has 0 radical (unpaired) electrons. The molecule has 0 aliphatic rings. The molecule has 1 aromatic rings. The Morgan fingerprint density at radius 3 is 2.59 bits per heavy atom. The van der Waals surface area contributed by atoms with Gasteiger partial charge in [0.1, 0.15) is 0 Å². The number of amides is 1. The van der Waals surface area contributed by atoms with Crippen molar-refractivity contribution in [1.29, 1.82) is 0 Å². The normalized spacial score (nSPS) is 11.2. The molecule has 7 nitrogen and oxygen atoms in total. The van der Waals surface area contributed by atoms with Crippen LogP contribution in [0.4, 0.5) is 0 Å². The fourth-order valence-electron chi connectivity index (χ4n) is 1.02. The van der Waals surface area contributed by atoms with E-state index in [2.05, 4.69) is 15.5 Å². The van der Waals surface area contributed by atoms with Gasteiger partial charge in [-0.15, -0.1) is 0 Å². The van der Waals surface area contributed by atoms with Crippen LogP contribution in [0.2, 0.25) is 0 Å². The van der Waals surface area contributed by atoms with Gasteiger partial charge in [-0.05, 0) is 20.8 Å². The van der Waals surface area contributed by atoms with Crippen LogP contribution in [0.5, 0.6) is 0 Å². The minimum absolute atomic E-state index is 0.0636. The van der Waals surface area contributed by atoms with Crippen molar-refractivity contribution in [2.24, 2.45) is 0 Å². The van der Waals surface area contributed by atoms with Crippen LogP contribution in [0, 0.1) is 0 Å². The first-order chi connectivity index (χ1) is 7.78. The van der Waals surface area contributed by atoms with Crippen molar-refractivity contribution in [2.45, 2.75) is 31.3 Å². The van der Waals surface area contributed by atoms with E-state index in [1.807, 2.05) is 25.8 Å². The second-order valence-corrected chi connectivity index (χ2v) is 5.36. The van der Waals surface area contributed by atoms with Crippen LogP contribution in [0.1, 0.15) is 20.8 Å². The maximum absolute atomic E-state index is 11.5. The van der Waals surface area contributed by atoms with E-state index in [4.69, 9.17) is 0 Å². The van der Waals surface area contributed by atoms with Crippen LogP contribution in [0.3, 0.4) is 0 Å². The average Bonchev–Trinajstić information content (AvgIpc) is 2.13. The van der Waals surface area contributed by atoms with Gasteiger partial charge in [-0.1, -0.05) is 11.8 Å². The molecule has 0 atom stereocenters. The van der Waals surface area contributed by atoms with E-state index in [9.17, 15) is 14.4 Å². The second-order valence-electron chi connectivity index (χ2n) is 4.40. The van der Waals surface area contributed by atoms with Crippen molar-refractivity contribution in [3.8, 4) is 0 Å². The molecule has 0 bridgehead atoms. The molecule has 0 spiro atoms. The highest BCUT2D eigenvalue weighted by atomic mass is 32.2. The first-order valence-electron chi connectivity index (χ1n) is 4.91. The van der Waals surface area contributed by atoms with Crippen molar-refractivity contribution in [3.63, 3.8) is 0 Å². The number of nitrogens with zero attached hydrogens (tertiary/aromatic N) is 1. The molecular weight excluding hydrogens is 244 g/mol. The highest BCUT2D eigenvalue weighted by Gasteiger charge is 2.14. The summed E-state index contributed by atoms with van der Waals surface area (Å²) in [7, 11) is 0. The van der Waals surface area contributed by atoms with Gasteiger partial charge in [0, 0.05) is 5.54 Å². The molecule has 0 saturated carbocycles. The predicted octanol–water partition coefficient (Wildman–Crippen LogP) is -0.535. The monoisotopic (exact) mass is 258 g/mol. The van der Waals surface area contributed by atoms with Crippen LogP contribution in [-0.2, 0) is 4.79 Å². The summed E-state index contributed by atoms with van der Waals surface area (Å²) < 4.78 is 0. The molecule has 1 aromatic heterocycles. The van der Waals surface area contributed by atoms with Gasteiger partial charge < -0.3 is 5.32 Å². The lowest BCUT2D eigenvalue weighted by atomic mass is 10.1. The third-order valence-corrected chi connectivity index (χ3v) is 2.49. The Morgan fingerprint density at radius 2 is 2.06 bits per heavy atom. The quantitative estimate of drug-likeness (QED) is 0.631. The van der Waals surface area contributed by atoms with Gasteiger partial charge in [0.05, 0.1) is 5.75 Å². The van der Waals surface area contributed by atoms with E-state index in [1.165, 1.54) is 0 Å². The van der Waals surface area contributed by atoms with E-state index in [0.29, 0.717) is 0 Å². The highest BCUT2D eigenvalue weighted by Crippen LogP contribution is 2.08. The predicted molar refractivity (Wildman–Crippen MR) is 64.1 cm³/mol. The fourth-order valence-corrected chi connectivity index (χ4v) is 1.66. The Bertz CT molecular complexity index is 514. The Kier molecular flexibility index (Phi) is 4.11. The molecule has 94 valence electrons. The van der Waals surface area contributed by atoms with Crippen molar-refractivity contribution in [2.75, 3.05) is 5.75 Å². The number of nitrogens with one attached hydrogen (secondary N) is 3. The van der Waals surface area contributed by atoms with Gasteiger partial charge in [0.15, 0.2) is 5.03 Å². The molecule has 0 saturated heterocycles. The molecule has 0 aliphatic heterocycles. The Balaban J connectivity index is 2.59. The number of rotatable bonds is 3. The lowest BCUT2D eigenvalue weighted by molar-refractivity contribution is -0.119. The molecule has 0 unspecified atom stereocenters. The van der Waals surface area contributed by atoms with Crippen LogP contribution in [0.15, 0.2) is 14.6 Å². The summed E-state index contributed by atoms with van der Waals surface area (Å²) in [5.74, 6) is -0.130. The molecule has 0 aromatic carbocycles. The summed E-state index contributed by atoms with van der Waals surface area (Å²) in [6.45, 7) is 5.59. The SMILES string of the molecule is CC(C)(C)NC(=O)CSc1n[nH]c(=O)[nH]c1=O. The first kappa shape index (κ1) is 13.5. The lowest BCUT2D eigenvalue weighted by Crippen LogP contribution is -2.41. The molecule has 8 heteroatoms. The van der Waals surface area contributed by atoms with E-state index in [-0.39, 0.29) is 22.2 Å². The standard InChI is InChI=1S/C9H14N4O3S/c1-9(2,3)11-5(14)4-17-7-6(15)10-8(16)13-12-7/h4H2,1-3H3,(H,11,14)(H2,10,13,15,16). The van der Waals surface area contributed by atoms with Gasteiger partial charge >= 0.3 is 5.69 Å². The number of hydrogen-bond acceptors (Lipinski definition) is 5. The molecule has 1 amide bonds. The maximum Gasteiger partial charge on any atom is 0.342 e. The second kappa shape index (κ2) is 5.17. The third-order valence-electron chi connectivity index (χ3n) is 1.53. The average molecular weight is 258 g/mol. The van der Waals surface area contributed by atoms with Crippen LogP contribution in [-0.4, -0.2) is 32.4 Å². The number of carbonyl (C=O) groups excluding carboxylic acids is 1. The van der Waals surface area contributed by atoms with E-state index in [1.54, 1.807) is 0 Å². The molecule has 17 heavy (non-hydrogen) atoms. The van der Waals surface area contributed by atoms with E-state index >= 15 is 0 Å². The van der Waals surface area contributed by atoms with Gasteiger partial charge in [-0.3, -0.25) is 14.6 Å². The van der Waals surface area contributed by atoms with E-state index < -0.39 is 11.2 Å². The zero-order chi connectivity index (χ0) is 13.1. The molecule has 1 heterocycles. The largest absolute Gasteiger partial charge is 0.351 e. The first-order valence-corrected chi connectivity index (χ1v) is 5.89. The zero-order valence-electron chi connectivity index (χ0n) is 9.79. The summed E-state index contributed by atoms with van der Waals surface area (Å²) in [6.07, 6.45) is 0. The summed E-state index contributed by atoms with van der Waals surface area (Å²) in [4.78, 5) is 35.4. The van der Waals surface area contributed by atoms with Crippen LogP contribution < -0.4 is 16.6 Å². The minimum Gasteiger partial charge on any atom is -0.351 e. The van der Waals surface area contributed by atoms with Crippen molar-refractivity contribution in [3.05, 3.63) is 20.8 Å². The number of thioether (sulfide) groups is 1. The molecule has 1 rings (SSSR count). The molecule has 0 aliphatic carbocycles. The van der Waals surface area contributed by atoms with Gasteiger partial charge in [-0.25, -0.2) is 9.89 Å². The minimum atomic E-state index is -0.668. The molecular formula is C9H14N4O3S. The van der Waals surface area contributed by atoms with Crippen molar-refractivity contribution < 1.29 is 4.79 Å². The number of aromatic nitrogens is 3. The topological polar surface area (TPSA) is 108 Å². The Morgan fingerprint density at radius 1 is 1.41 bits per heavy atom. The van der Waals surface area contributed by atoms with E-state index in [0.717, 1.165) is 11.8 Å². The van der Waals surface area contributed by atoms with Crippen LogP contribution in [0.25, 0.3) is 0 Å². The number of carbonyl (C=O) groups is 1. The summed E-state index contributed by atoms with van der Waals surface area (Å²) in [6, 6.07) is 0. The number of H-pyrrole nitrogens is 2.